The van der Waals surface area contributed by atoms with Crippen molar-refractivity contribution < 1.29 is 0 Å². The SMILES string of the molecule is Brc1ccc(CNc2ccnc3cc(Br)cnc23)cc1. The Balaban J connectivity index is 1.85. The van der Waals surface area contributed by atoms with Gasteiger partial charge in [0.15, 0.2) is 0 Å². The van der Waals surface area contributed by atoms with Crippen LogP contribution in [0.2, 0.25) is 0 Å². The summed E-state index contributed by atoms with van der Waals surface area (Å²) >= 11 is 6.85. The first-order chi connectivity index (χ1) is 9.72. The van der Waals surface area contributed by atoms with Gasteiger partial charge in [0, 0.05) is 27.9 Å². The predicted molar refractivity (Wildman–Crippen MR) is 88.7 cm³/mol. The summed E-state index contributed by atoms with van der Waals surface area (Å²) in [6.45, 7) is 0.754. The molecule has 3 nitrogen and oxygen atoms in total. The van der Waals surface area contributed by atoms with Crippen molar-refractivity contribution in [2.45, 2.75) is 6.54 Å². The highest BCUT2D eigenvalue weighted by molar-refractivity contribution is 9.10. The van der Waals surface area contributed by atoms with E-state index in [0.29, 0.717) is 0 Å². The molecule has 0 saturated heterocycles. The van der Waals surface area contributed by atoms with Crippen LogP contribution in [0.1, 0.15) is 5.56 Å². The van der Waals surface area contributed by atoms with E-state index in [9.17, 15) is 0 Å². The lowest BCUT2D eigenvalue weighted by Crippen LogP contribution is -2.01. The molecule has 100 valence electrons. The molecule has 2 heterocycles. The van der Waals surface area contributed by atoms with Crippen LogP contribution in [0.5, 0.6) is 0 Å². The van der Waals surface area contributed by atoms with Gasteiger partial charge in [0.1, 0.15) is 5.52 Å². The van der Waals surface area contributed by atoms with E-state index in [1.54, 1.807) is 12.4 Å². The molecule has 0 atom stereocenters. The highest BCUT2D eigenvalue weighted by atomic mass is 79.9. The van der Waals surface area contributed by atoms with Crippen LogP contribution < -0.4 is 5.32 Å². The number of hydrogen-bond donors (Lipinski definition) is 1. The van der Waals surface area contributed by atoms with Gasteiger partial charge in [0.25, 0.3) is 0 Å². The van der Waals surface area contributed by atoms with Gasteiger partial charge >= 0.3 is 0 Å². The molecule has 3 rings (SSSR count). The van der Waals surface area contributed by atoms with Gasteiger partial charge in [-0.2, -0.15) is 0 Å². The fourth-order valence-corrected chi connectivity index (χ4v) is 2.53. The zero-order chi connectivity index (χ0) is 13.9. The Morgan fingerprint density at radius 1 is 0.950 bits per heavy atom. The van der Waals surface area contributed by atoms with Gasteiger partial charge in [0.05, 0.1) is 11.2 Å². The minimum absolute atomic E-state index is 0.754. The Morgan fingerprint density at radius 2 is 1.75 bits per heavy atom. The number of nitrogens with zero attached hydrogens (tertiary/aromatic N) is 2. The average Bonchev–Trinajstić information content (AvgIpc) is 2.46. The summed E-state index contributed by atoms with van der Waals surface area (Å²) in [5.74, 6) is 0. The summed E-state index contributed by atoms with van der Waals surface area (Å²) in [6, 6.07) is 12.2. The van der Waals surface area contributed by atoms with Gasteiger partial charge in [-0.25, -0.2) is 0 Å². The second-order valence-corrected chi connectivity index (χ2v) is 6.19. The van der Waals surface area contributed by atoms with Crippen molar-refractivity contribution in [3.05, 3.63) is 63.3 Å². The molecular weight excluding hydrogens is 382 g/mol. The second-order valence-electron chi connectivity index (χ2n) is 4.36. The van der Waals surface area contributed by atoms with Crippen LogP contribution >= 0.6 is 31.9 Å². The molecule has 0 saturated carbocycles. The summed E-state index contributed by atoms with van der Waals surface area (Å²) in [5.41, 5.74) is 3.97. The molecule has 0 radical (unpaired) electrons. The van der Waals surface area contributed by atoms with Crippen LogP contribution in [-0.2, 0) is 6.54 Å². The third-order valence-electron chi connectivity index (χ3n) is 2.94. The van der Waals surface area contributed by atoms with Crippen LogP contribution in [0.4, 0.5) is 5.69 Å². The zero-order valence-corrected chi connectivity index (χ0v) is 13.6. The topological polar surface area (TPSA) is 37.8 Å². The summed E-state index contributed by atoms with van der Waals surface area (Å²) in [6.07, 6.45) is 3.58. The third kappa shape index (κ3) is 2.99. The van der Waals surface area contributed by atoms with Crippen molar-refractivity contribution in [2.24, 2.45) is 0 Å². The number of hydrogen-bond acceptors (Lipinski definition) is 3. The summed E-state index contributed by atoms with van der Waals surface area (Å²) < 4.78 is 2.02. The summed E-state index contributed by atoms with van der Waals surface area (Å²) in [5, 5.41) is 3.41. The maximum absolute atomic E-state index is 4.43. The number of rotatable bonds is 3. The van der Waals surface area contributed by atoms with E-state index in [-0.39, 0.29) is 0 Å². The van der Waals surface area contributed by atoms with Gasteiger partial charge < -0.3 is 5.32 Å². The molecule has 0 aliphatic rings. The number of halogens is 2. The van der Waals surface area contributed by atoms with Crippen LogP contribution in [0.25, 0.3) is 11.0 Å². The normalized spacial score (nSPS) is 10.7. The molecule has 0 aliphatic heterocycles. The lowest BCUT2D eigenvalue weighted by Gasteiger charge is -2.09. The van der Waals surface area contributed by atoms with Crippen LogP contribution in [0.3, 0.4) is 0 Å². The lowest BCUT2D eigenvalue weighted by molar-refractivity contribution is 1.14. The van der Waals surface area contributed by atoms with Gasteiger partial charge in [-0.1, -0.05) is 28.1 Å². The lowest BCUT2D eigenvalue weighted by atomic mass is 10.2. The fraction of sp³-hybridized carbons (Fsp3) is 0.0667. The summed E-state index contributed by atoms with van der Waals surface area (Å²) in [4.78, 5) is 8.76. The minimum atomic E-state index is 0.754. The Labute approximate surface area is 133 Å². The molecule has 1 N–H and O–H groups in total. The zero-order valence-electron chi connectivity index (χ0n) is 10.5. The average molecular weight is 393 g/mol. The molecule has 0 aliphatic carbocycles. The Bertz CT molecular complexity index is 742. The Morgan fingerprint density at radius 3 is 2.55 bits per heavy atom. The predicted octanol–water partition coefficient (Wildman–Crippen LogP) is 4.77. The highest BCUT2D eigenvalue weighted by Crippen LogP contribution is 2.22. The molecular formula is C15H11Br2N3. The van der Waals surface area contributed by atoms with Crippen LogP contribution in [0.15, 0.2) is 57.7 Å². The molecule has 3 aromatic rings. The van der Waals surface area contributed by atoms with Crippen LogP contribution in [-0.4, -0.2) is 9.97 Å². The molecule has 5 heteroatoms. The monoisotopic (exact) mass is 391 g/mol. The van der Waals surface area contributed by atoms with Gasteiger partial charge in [-0.15, -0.1) is 0 Å². The largest absolute Gasteiger partial charge is 0.379 e. The van der Waals surface area contributed by atoms with E-state index in [1.165, 1.54) is 5.56 Å². The molecule has 20 heavy (non-hydrogen) atoms. The quantitative estimate of drug-likeness (QED) is 0.697. The molecule has 0 bridgehead atoms. The number of pyridine rings is 2. The number of aromatic nitrogens is 2. The molecule has 0 spiro atoms. The number of benzene rings is 1. The molecule has 0 amide bonds. The van der Waals surface area contributed by atoms with Crippen molar-refractivity contribution in [2.75, 3.05) is 5.32 Å². The number of fused-ring (bicyclic) bond motifs is 1. The first kappa shape index (κ1) is 13.5. The first-order valence-electron chi connectivity index (χ1n) is 6.11. The van der Waals surface area contributed by atoms with Crippen LogP contribution in [0, 0.1) is 0 Å². The molecule has 1 aromatic carbocycles. The van der Waals surface area contributed by atoms with E-state index < -0.39 is 0 Å². The maximum atomic E-state index is 4.43. The molecule has 0 fully saturated rings. The Kier molecular flexibility index (Phi) is 3.98. The molecule has 0 unspecified atom stereocenters. The van der Waals surface area contributed by atoms with Crippen molar-refractivity contribution >= 4 is 48.6 Å². The van der Waals surface area contributed by atoms with Gasteiger partial charge in [-0.3, -0.25) is 9.97 Å². The fourth-order valence-electron chi connectivity index (χ4n) is 1.95. The van der Waals surface area contributed by atoms with E-state index >= 15 is 0 Å². The van der Waals surface area contributed by atoms with Gasteiger partial charge in [-0.05, 0) is 45.8 Å². The smallest absolute Gasteiger partial charge is 0.112 e. The third-order valence-corrected chi connectivity index (χ3v) is 3.90. The Hall–Kier alpha value is -1.46. The highest BCUT2D eigenvalue weighted by Gasteiger charge is 2.04. The number of nitrogens with one attached hydrogen (secondary N) is 1. The molecule has 2 aromatic heterocycles. The van der Waals surface area contributed by atoms with Crippen molar-refractivity contribution in [3.8, 4) is 0 Å². The van der Waals surface area contributed by atoms with Gasteiger partial charge in [0.2, 0.25) is 0 Å². The summed E-state index contributed by atoms with van der Waals surface area (Å²) in [7, 11) is 0. The van der Waals surface area contributed by atoms with Crippen molar-refractivity contribution in [1.82, 2.24) is 9.97 Å². The van der Waals surface area contributed by atoms with E-state index in [0.717, 1.165) is 32.2 Å². The first-order valence-corrected chi connectivity index (χ1v) is 7.69. The van der Waals surface area contributed by atoms with Crippen molar-refractivity contribution in [3.63, 3.8) is 0 Å². The maximum Gasteiger partial charge on any atom is 0.112 e. The standard InChI is InChI=1S/C15H11Br2N3/c16-11-3-1-10(2-4-11)8-19-13-5-6-18-14-7-12(17)9-20-15(13)14/h1-7,9H,8H2,(H,18,19). The second kappa shape index (κ2) is 5.89. The van der Waals surface area contributed by atoms with E-state index in [1.807, 2.05) is 24.3 Å². The van der Waals surface area contributed by atoms with Crippen molar-refractivity contribution in [1.29, 1.82) is 0 Å². The van der Waals surface area contributed by atoms with E-state index in [4.69, 9.17) is 0 Å². The number of anilines is 1. The minimum Gasteiger partial charge on any atom is -0.379 e. The van der Waals surface area contributed by atoms with E-state index in [2.05, 4.69) is 59.3 Å².